The minimum Gasteiger partial charge on any atom is -0.379 e. The molecule has 2 aliphatic rings. The highest BCUT2D eigenvalue weighted by Gasteiger charge is 2.32. The maximum absolute atomic E-state index is 12.4. The SMILES string of the molecule is CCC(C)C1Nc2nc(C)nc(NCCN3CCOCC3)c2NC1=O. The molecule has 0 saturated carbocycles. The number of morpholine rings is 1. The summed E-state index contributed by atoms with van der Waals surface area (Å²) >= 11 is 0. The van der Waals surface area contributed by atoms with E-state index < -0.39 is 0 Å². The molecule has 1 saturated heterocycles. The lowest BCUT2D eigenvalue weighted by Crippen LogP contribution is -2.44. The molecule has 2 aliphatic heterocycles. The quantitative estimate of drug-likeness (QED) is 0.714. The molecule has 1 fully saturated rings. The summed E-state index contributed by atoms with van der Waals surface area (Å²) in [6.07, 6.45) is 0.926. The van der Waals surface area contributed by atoms with E-state index in [1.807, 2.05) is 6.92 Å². The predicted octanol–water partition coefficient (Wildman–Crippen LogP) is 1.31. The minimum atomic E-state index is -0.256. The second kappa shape index (κ2) is 7.97. The topological polar surface area (TPSA) is 91.4 Å². The highest BCUT2D eigenvalue weighted by atomic mass is 16.5. The Morgan fingerprint density at radius 3 is 2.84 bits per heavy atom. The Morgan fingerprint density at radius 1 is 1.36 bits per heavy atom. The normalized spacial score (nSPS) is 21.9. The average molecular weight is 348 g/mol. The Labute approximate surface area is 148 Å². The highest BCUT2D eigenvalue weighted by molar-refractivity contribution is 6.05. The van der Waals surface area contributed by atoms with Gasteiger partial charge in [-0.25, -0.2) is 9.97 Å². The van der Waals surface area contributed by atoms with Crippen molar-refractivity contribution < 1.29 is 9.53 Å². The standard InChI is InChI=1S/C17H28N6O2/c1-4-11(2)13-17(24)22-14-15(19-12(3)20-16(14)21-13)18-5-6-23-7-9-25-10-8-23/h11,13H,4-10H2,1-3H3,(H,22,24)(H2,18,19,20,21). The number of ether oxygens (including phenoxy) is 1. The van der Waals surface area contributed by atoms with E-state index in [4.69, 9.17) is 4.74 Å². The number of aromatic nitrogens is 2. The lowest BCUT2D eigenvalue weighted by atomic mass is 9.97. The number of amides is 1. The summed E-state index contributed by atoms with van der Waals surface area (Å²) in [5, 5.41) is 9.63. The van der Waals surface area contributed by atoms with Gasteiger partial charge in [0.1, 0.15) is 17.6 Å². The van der Waals surface area contributed by atoms with Crippen LogP contribution < -0.4 is 16.0 Å². The Morgan fingerprint density at radius 2 is 2.12 bits per heavy atom. The van der Waals surface area contributed by atoms with Crippen molar-refractivity contribution in [2.24, 2.45) is 5.92 Å². The molecule has 1 aromatic heterocycles. The van der Waals surface area contributed by atoms with Gasteiger partial charge in [-0.2, -0.15) is 0 Å². The van der Waals surface area contributed by atoms with Gasteiger partial charge in [0.15, 0.2) is 11.6 Å². The molecule has 1 amide bonds. The van der Waals surface area contributed by atoms with Crippen molar-refractivity contribution in [2.75, 3.05) is 55.3 Å². The number of aryl methyl sites for hydroxylation is 1. The van der Waals surface area contributed by atoms with E-state index in [2.05, 4.69) is 44.7 Å². The second-order valence-electron chi connectivity index (χ2n) is 6.72. The van der Waals surface area contributed by atoms with Gasteiger partial charge >= 0.3 is 0 Å². The zero-order valence-electron chi connectivity index (χ0n) is 15.3. The molecule has 2 atom stereocenters. The van der Waals surface area contributed by atoms with Gasteiger partial charge in [-0.05, 0) is 12.8 Å². The molecule has 25 heavy (non-hydrogen) atoms. The van der Waals surface area contributed by atoms with Crippen LogP contribution in [0.15, 0.2) is 0 Å². The van der Waals surface area contributed by atoms with Gasteiger partial charge in [-0.3, -0.25) is 9.69 Å². The molecule has 0 radical (unpaired) electrons. The molecule has 3 heterocycles. The third-order valence-corrected chi connectivity index (χ3v) is 4.88. The summed E-state index contributed by atoms with van der Waals surface area (Å²) in [4.78, 5) is 23.7. The first-order valence-electron chi connectivity index (χ1n) is 9.08. The predicted molar refractivity (Wildman–Crippen MR) is 98.0 cm³/mol. The van der Waals surface area contributed by atoms with Gasteiger partial charge < -0.3 is 20.7 Å². The Hall–Kier alpha value is -1.93. The minimum absolute atomic E-state index is 0.0227. The number of rotatable bonds is 6. The van der Waals surface area contributed by atoms with Crippen molar-refractivity contribution in [2.45, 2.75) is 33.2 Å². The zero-order chi connectivity index (χ0) is 17.8. The summed E-state index contributed by atoms with van der Waals surface area (Å²) in [5.41, 5.74) is 0.650. The van der Waals surface area contributed by atoms with E-state index in [-0.39, 0.29) is 17.9 Å². The van der Waals surface area contributed by atoms with Crippen LogP contribution in [0.4, 0.5) is 17.3 Å². The number of hydrogen-bond donors (Lipinski definition) is 3. The number of anilines is 3. The number of nitrogens with zero attached hydrogens (tertiary/aromatic N) is 3. The van der Waals surface area contributed by atoms with Gasteiger partial charge in [0.2, 0.25) is 5.91 Å². The van der Waals surface area contributed by atoms with Crippen molar-refractivity contribution in [3.63, 3.8) is 0 Å². The lowest BCUT2D eigenvalue weighted by molar-refractivity contribution is -0.118. The zero-order valence-corrected chi connectivity index (χ0v) is 15.3. The maximum Gasteiger partial charge on any atom is 0.247 e. The largest absolute Gasteiger partial charge is 0.379 e. The molecule has 8 nitrogen and oxygen atoms in total. The molecular weight excluding hydrogens is 320 g/mol. The monoisotopic (exact) mass is 348 g/mol. The van der Waals surface area contributed by atoms with Crippen molar-refractivity contribution in [1.29, 1.82) is 0 Å². The molecule has 0 bridgehead atoms. The number of carbonyl (C=O) groups is 1. The van der Waals surface area contributed by atoms with E-state index in [0.717, 1.165) is 45.8 Å². The molecule has 1 aromatic rings. The third kappa shape index (κ3) is 4.19. The summed E-state index contributed by atoms with van der Waals surface area (Å²) in [6.45, 7) is 11.2. The van der Waals surface area contributed by atoms with Crippen LogP contribution in [0.5, 0.6) is 0 Å². The fourth-order valence-electron chi connectivity index (χ4n) is 3.13. The molecule has 0 spiro atoms. The molecular formula is C17H28N6O2. The van der Waals surface area contributed by atoms with Crippen LogP contribution in [-0.2, 0) is 9.53 Å². The van der Waals surface area contributed by atoms with Crippen LogP contribution in [0.25, 0.3) is 0 Å². The highest BCUT2D eigenvalue weighted by Crippen LogP contribution is 2.33. The van der Waals surface area contributed by atoms with Crippen molar-refractivity contribution >= 4 is 23.2 Å². The van der Waals surface area contributed by atoms with Crippen LogP contribution in [0.2, 0.25) is 0 Å². The first-order valence-corrected chi connectivity index (χ1v) is 9.08. The van der Waals surface area contributed by atoms with Gasteiger partial charge in [0.05, 0.1) is 13.2 Å². The van der Waals surface area contributed by atoms with E-state index in [1.165, 1.54) is 0 Å². The summed E-state index contributed by atoms with van der Waals surface area (Å²) in [7, 11) is 0. The molecule has 2 unspecified atom stereocenters. The van der Waals surface area contributed by atoms with Crippen LogP contribution in [0.1, 0.15) is 26.1 Å². The summed E-state index contributed by atoms with van der Waals surface area (Å²) in [6, 6.07) is -0.256. The first kappa shape index (κ1) is 17.9. The van der Waals surface area contributed by atoms with E-state index in [1.54, 1.807) is 0 Å². The summed E-state index contributed by atoms with van der Waals surface area (Å²) < 4.78 is 5.37. The van der Waals surface area contributed by atoms with Crippen LogP contribution >= 0.6 is 0 Å². The number of nitrogens with one attached hydrogen (secondary N) is 3. The average Bonchev–Trinajstić information content (AvgIpc) is 2.62. The molecule has 3 rings (SSSR count). The summed E-state index contributed by atoms with van der Waals surface area (Å²) in [5.74, 6) is 2.27. The third-order valence-electron chi connectivity index (χ3n) is 4.88. The van der Waals surface area contributed by atoms with Crippen molar-refractivity contribution in [3.8, 4) is 0 Å². The fraction of sp³-hybridized carbons (Fsp3) is 0.706. The Kier molecular flexibility index (Phi) is 5.70. The number of carbonyl (C=O) groups excluding carboxylic acids is 1. The lowest BCUT2D eigenvalue weighted by Gasteiger charge is -2.31. The van der Waals surface area contributed by atoms with Crippen molar-refractivity contribution in [1.82, 2.24) is 14.9 Å². The molecule has 138 valence electrons. The van der Waals surface area contributed by atoms with Gasteiger partial charge in [-0.15, -0.1) is 0 Å². The van der Waals surface area contributed by atoms with Gasteiger partial charge in [0.25, 0.3) is 0 Å². The van der Waals surface area contributed by atoms with E-state index in [0.29, 0.717) is 23.1 Å². The maximum atomic E-state index is 12.4. The molecule has 0 aliphatic carbocycles. The number of hydrogen-bond acceptors (Lipinski definition) is 7. The van der Waals surface area contributed by atoms with Crippen LogP contribution in [-0.4, -0.2) is 66.2 Å². The van der Waals surface area contributed by atoms with E-state index in [9.17, 15) is 4.79 Å². The molecule has 0 aromatic carbocycles. The van der Waals surface area contributed by atoms with Crippen LogP contribution in [0, 0.1) is 12.8 Å². The smallest absolute Gasteiger partial charge is 0.247 e. The van der Waals surface area contributed by atoms with E-state index >= 15 is 0 Å². The Bertz CT molecular complexity index is 617. The second-order valence-corrected chi connectivity index (χ2v) is 6.72. The van der Waals surface area contributed by atoms with Gasteiger partial charge in [0, 0.05) is 26.2 Å². The first-order chi connectivity index (χ1) is 12.1. The van der Waals surface area contributed by atoms with Crippen molar-refractivity contribution in [3.05, 3.63) is 5.82 Å². The number of fused-ring (bicyclic) bond motifs is 1. The Balaban J connectivity index is 1.69. The fourth-order valence-corrected chi connectivity index (χ4v) is 3.13. The van der Waals surface area contributed by atoms with Crippen LogP contribution in [0.3, 0.4) is 0 Å². The van der Waals surface area contributed by atoms with Gasteiger partial charge in [-0.1, -0.05) is 20.3 Å². The molecule has 8 heteroatoms. The molecule has 3 N–H and O–H groups in total.